The Morgan fingerprint density at radius 1 is 0.634 bits per heavy atom. The Kier molecular flexibility index (Phi) is 6.05. The van der Waals surface area contributed by atoms with Crippen molar-refractivity contribution >= 4 is 44.9 Å². The molecular formula is C33H31N7S. The van der Waals surface area contributed by atoms with Crippen molar-refractivity contribution in [2.75, 3.05) is 51.2 Å². The highest BCUT2D eigenvalue weighted by molar-refractivity contribution is 7.99. The predicted octanol–water partition coefficient (Wildman–Crippen LogP) is 6.62. The van der Waals surface area contributed by atoms with E-state index < -0.39 is 0 Å². The van der Waals surface area contributed by atoms with Gasteiger partial charge >= 0.3 is 0 Å². The fourth-order valence-corrected chi connectivity index (χ4v) is 7.22. The Labute approximate surface area is 243 Å². The van der Waals surface area contributed by atoms with Gasteiger partial charge in [-0.25, -0.2) is 0 Å². The molecule has 0 bridgehead atoms. The van der Waals surface area contributed by atoms with Crippen molar-refractivity contribution in [3.63, 3.8) is 0 Å². The van der Waals surface area contributed by atoms with Gasteiger partial charge in [-0.2, -0.15) is 10.2 Å². The molecule has 8 rings (SSSR count). The highest BCUT2D eigenvalue weighted by atomic mass is 32.2. The first-order valence-electron chi connectivity index (χ1n) is 14.2. The Morgan fingerprint density at radius 3 is 1.71 bits per heavy atom. The largest absolute Gasteiger partial charge is 0.338 e. The molecule has 2 aliphatic heterocycles. The molecule has 2 N–H and O–H groups in total. The van der Waals surface area contributed by atoms with E-state index in [1.54, 1.807) is 0 Å². The van der Waals surface area contributed by atoms with Gasteiger partial charge in [0.2, 0.25) is 0 Å². The number of rotatable bonds is 5. The van der Waals surface area contributed by atoms with Gasteiger partial charge in [0.05, 0.1) is 34.8 Å². The van der Waals surface area contributed by atoms with E-state index in [0.29, 0.717) is 0 Å². The number of aromatic nitrogens is 4. The molecular weight excluding hydrogens is 526 g/mol. The molecule has 0 saturated carbocycles. The molecule has 4 aromatic carbocycles. The molecule has 7 nitrogen and oxygen atoms in total. The van der Waals surface area contributed by atoms with Crippen LogP contribution in [0.2, 0.25) is 0 Å². The maximum absolute atomic E-state index is 4.20. The number of piperazine rings is 1. The first-order chi connectivity index (χ1) is 20.2. The zero-order valence-corrected chi connectivity index (χ0v) is 23.8. The average molecular weight is 558 g/mol. The zero-order chi connectivity index (χ0) is 27.3. The maximum Gasteiger partial charge on any atom is 0.0650 e. The van der Waals surface area contributed by atoms with Crippen LogP contribution >= 0.6 is 11.8 Å². The standard InChI is InChI=1S/C33H31N7S/c1-38-10-12-39(13-11-38)14-15-40-30-8-4-24(22-2-6-28-26(16-22)20-34-36-28)18-32(30)41-33-19-25(5-9-31(33)40)23-3-7-29-27(17-23)21-35-37-29/h2-9,16-21H,10-15H2,1H3,(H,34,36)(H,35,37). The van der Waals surface area contributed by atoms with E-state index in [-0.39, 0.29) is 0 Å². The summed E-state index contributed by atoms with van der Waals surface area (Å²) in [6.07, 6.45) is 3.79. The minimum Gasteiger partial charge on any atom is -0.338 e. The fourth-order valence-electron chi connectivity index (χ4n) is 6.04. The van der Waals surface area contributed by atoms with Crippen LogP contribution in [0, 0.1) is 0 Å². The lowest BCUT2D eigenvalue weighted by molar-refractivity contribution is 0.157. The second kappa shape index (κ2) is 10.1. The van der Waals surface area contributed by atoms with Crippen LogP contribution in [0.1, 0.15) is 0 Å². The third kappa shape index (κ3) is 4.58. The summed E-state index contributed by atoms with van der Waals surface area (Å²) in [4.78, 5) is 10.1. The quantitative estimate of drug-likeness (QED) is 0.248. The van der Waals surface area contributed by atoms with Crippen LogP contribution in [0.4, 0.5) is 11.4 Å². The van der Waals surface area contributed by atoms with E-state index in [2.05, 4.69) is 115 Å². The Hall–Kier alpha value is -4.11. The van der Waals surface area contributed by atoms with Crippen LogP contribution in [0.3, 0.4) is 0 Å². The van der Waals surface area contributed by atoms with E-state index in [1.165, 1.54) is 43.4 Å². The van der Waals surface area contributed by atoms with Crippen LogP contribution in [-0.4, -0.2) is 76.5 Å². The minimum absolute atomic E-state index is 0.963. The van der Waals surface area contributed by atoms with Crippen molar-refractivity contribution in [1.29, 1.82) is 0 Å². The molecule has 8 heteroatoms. The SMILES string of the molecule is CN1CCN(CCN2c3ccc(-c4ccc5[nH]ncc5c4)cc3Sc3cc(-c4ccc5[nH]ncc5c4)ccc32)CC1. The molecule has 0 radical (unpaired) electrons. The molecule has 41 heavy (non-hydrogen) atoms. The van der Waals surface area contributed by atoms with Crippen molar-refractivity contribution in [3.8, 4) is 22.3 Å². The highest BCUT2D eigenvalue weighted by Gasteiger charge is 2.25. The van der Waals surface area contributed by atoms with Crippen LogP contribution < -0.4 is 4.90 Å². The summed E-state index contributed by atoms with van der Waals surface area (Å²) in [5.41, 5.74) is 9.57. The molecule has 0 unspecified atom stereocenters. The summed E-state index contributed by atoms with van der Waals surface area (Å²) in [7, 11) is 2.22. The van der Waals surface area contributed by atoms with Gasteiger partial charge in [-0.05, 0) is 77.8 Å². The monoisotopic (exact) mass is 557 g/mol. The summed E-state index contributed by atoms with van der Waals surface area (Å²) >= 11 is 1.88. The number of hydrogen-bond acceptors (Lipinski definition) is 6. The topological polar surface area (TPSA) is 67.1 Å². The number of anilines is 2. The number of benzene rings is 4. The molecule has 6 aromatic rings. The van der Waals surface area contributed by atoms with E-state index in [4.69, 9.17) is 0 Å². The van der Waals surface area contributed by atoms with Gasteiger partial charge in [-0.1, -0.05) is 36.0 Å². The van der Waals surface area contributed by atoms with Crippen molar-refractivity contribution in [2.45, 2.75) is 9.79 Å². The van der Waals surface area contributed by atoms with Gasteiger partial charge < -0.3 is 9.80 Å². The van der Waals surface area contributed by atoms with Crippen molar-refractivity contribution in [3.05, 3.63) is 85.2 Å². The molecule has 2 aromatic heterocycles. The summed E-state index contributed by atoms with van der Waals surface area (Å²) in [5, 5.41) is 16.8. The number of fused-ring (bicyclic) bond motifs is 4. The van der Waals surface area contributed by atoms with Crippen LogP contribution in [-0.2, 0) is 0 Å². The van der Waals surface area contributed by atoms with E-state index in [9.17, 15) is 0 Å². The number of nitrogens with zero attached hydrogens (tertiary/aromatic N) is 5. The minimum atomic E-state index is 0.963. The Morgan fingerprint density at radius 2 is 1.15 bits per heavy atom. The summed E-state index contributed by atoms with van der Waals surface area (Å²) in [5.74, 6) is 0. The molecule has 2 aliphatic rings. The molecule has 0 spiro atoms. The van der Waals surface area contributed by atoms with Gasteiger partial charge in [-0.15, -0.1) is 0 Å². The smallest absolute Gasteiger partial charge is 0.0650 e. The maximum atomic E-state index is 4.20. The summed E-state index contributed by atoms with van der Waals surface area (Å²) in [6.45, 7) is 6.54. The lowest BCUT2D eigenvalue weighted by atomic mass is 10.0. The lowest BCUT2D eigenvalue weighted by Crippen LogP contribution is -2.46. The molecule has 0 amide bonds. The van der Waals surface area contributed by atoms with Gasteiger partial charge in [0, 0.05) is 59.8 Å². The first-order valence-corrected chi connectivity index (χ1v) is 15.0. The Bertz CT molecular complexity index is 1760. The van der Waals surface area contributed by atoms with E-state index in [0.717, 1.165) is 61.1 Å². The highest BCUT2D eigenvalue weighted by Crippen LogP contribution is 2.50. The average Bonchev–Trinajstić information content (AvgIpc) is 3.68. The first kappa shape index (κ1) is 24.7. The molecule has 0 atom stereocenters. The van der Waals surface area contributed by atoms with Crippen LogP contribution in [0.5, 0.6) is 0 Å². The normalized spacial score (nSPS) is 15.9. The third-order valence-electron chi connectivity index (χ3n) is 8.50. The van der Waals surface area contributed by atoms with E-state index >= 15 is 0 Å². The predicted molar refractivity (Wildman–Crippen MR) is 168 cm³/mol. The molecule has 204 valence electrons. The van der Waals surface area contributed by atoms with Gasteiger partial charge in [-0.3, -0.25) is 15.1 Å². The number of nitrogens with one attached hydrogen (secondary N) is 2. The molecule has 1 saturated heterocycles. The van der Waals surface area contributed by atoms with Crippen molar-refractivity contribution < 1.29 is 0 Å². The van der Waals surface area contributed by atoms with Crippen LogP contribution in [0.25, 0.3) is 44.1 Å². The Balaban J connectivity index is 1.17. The molecule has 4 heterocycles. The molecule has 1 fully saturated rings. The van der Waals surface area contributed by atoms with Gasteiger partial charge in [0.15, 0.2) is 0 Å². The lowest BCUT2D eigenvalue weighted by Gasteiger charge is -2.37. The number of likely N-dealkylation sites (N-methyl/N-ethyl adjacent to an activating group) is 1. The van der Waals surface area contributed by atoms with Crippen LogP contribution in [0.15, 0.2) is 95.0 Å². The van der Waals surface area contributed by atoms with Gasteiger partial charge in [0.25, 0.3) is 0 Å². The second-order valence-electron chi connectivity index (χ2n) is 11.1. The summed E-state index contributed by atoms with van der Waals surface area (Å²) < 4.78 is 0. The molecule has 0 aliphatic carbocycles. The number of aromatic amines is 2. The third-order valence-corrected chi connectivity index (χ3v) is 9.60. The van der Waals surface area contributed by atoms with E-state index in [1.807, 2.05) is 24.2 Å². The fraction of sp³-hybridized carbons (Fsp3) is 0.212. The second-order valence-corrected chi connectivity index (χ2v) is 12.2. The summed E-state index contributed by atoms with van der Waals surface area (Å²) in [6, 6.07) is 26.9. The zero-order valence-electron chi connectivity index (χ0n) is 23.0. The van der Waals surface area contributed by atoms with Crippen molar-refractivity contribution in [2.24, 2.45) is 0 Å². The van der Waals surface area contributed by atoms with Gasteiger partial charge in [0.1, 0.15) is 0 Å². The number of H-pyrrole nitrogens is 2. The van der Waals surface area contributed by atoms with Crippen molar-refractivity contribution in [1.82, 2.24) is 30.2 Å². The number of hydrogen-bond donors (Lipinski definition) is 2.